The van der Waals surface area contributed by atoms with Crippen molar-refractivity contribution in [3.63, 3.8) is 0 Å². The first kappa shape index (κ1) is 18.4. The smallest absolute Gasteiger partial charge is 0.243 e. The highest BCUT2D eigenvalue weighted by atomic mass is 32.2. The van der Waals surface area contributed by atoms with Gasteiger partial charge in [0.15, 0.2) is 0 Å². The molecule has 3 rings (SSSR count). The van der Waals surface area contributed by atoms with E-state index in [-0.39, 0.29) is 11.4 Å². The maximum absolute atomic E-state index is 13.1. The van der Waals surface area contributed by atoms with Crippen LogP contribution < -0.4 is 0 Å². The van der Waals surface area contributed by atoms with Crippen LogP contribution in [0.5, 0.6) is 0 Å². The van der Waals surface area contributed by atoms with Gasteiger partial charge in [0.25, 0.3) is 0 Å². The Labute approximate surface area is 151 Å². The maximum atomic E-state index is 13.1. The fraction of sp³-hybridized carbons (Fsp3) is 0.632. The van der Waals surface area contributed by atoms with Crippen LogP contribution in [-0.2, 0) is 14.8 Å². The number of carbonyl (C=O) groups is 1. The number of hydrogen-bond donors (Lipinski definition) is 0. The molecule has 0 N–H and O–H groups in total. The number of amides is 1. The normalized spacial score (nSPS) is 25.8. The molecular formula is C19H28N2O3S. The molecule has 0 bridgehead atoms. The summed E-state index contributed by atoms with van der Waals surface area (Å²) >= 11 is 0. The first-order valence-electron chi connectivity index (χ1n) is 9.13. The Bertz CT molecular complexity index is 738. The van der Waals surface area contributed by atoms with Crippen molar-refractivity contribution >= 4 is 15.9 Å². The molecule has 2 fully saturated rings. The highest BCUT2D eigenvalue weighted by Crippen LogP contribution is 2.37. The highest BCUT2D eigenvalue weighted by Gasteiger charge is 2.45. The molecule has 2 saturated heterocycles. The molecule has 138 valence electrons. The number of carbonyl (C=O) groups excluding carboxylic acids is 1. The standard InChI is InChI=1S/C19H28N2O3S/c1-15(2)16-7-9-17(10-8-16)25(23,24)21-13-5-12-19(14-21)11-4-6-18(22)20(19)3/h7-10,15H,4-6,11-14H2,1-3H3. The Balaban J connectivity index is 1.86. The quantitative estimate of drug-likeness (QED) is 0.828. The Morgan fingerprint density at radius 3 is 2.36 bits per heavy atom. The number of rotatable bonds is 3. The lowest BCUT2D eigenvalue weighted by atomic mass is 9.81. The zero-order chi connectivity index (χ0) is 18.2. The summed E-state index contributed by atoms with van der Waals surface area (Å²) in [6.45, 7) is 5.11. The van der Waals surface area contributed by atoms with Gasteiger partial charge in [-0.05, 0) is 49.3 Å². The molecule has 0 aliphatic carbocycles. The second-order valence-corrected chi connectivity index (χ2v) is 9.63. The van der Waals surface area contributed by atoms with Crippen LogP contribution in [0.4, 0.5) is 0 Å². The Kier molecular flexibility index (Phi) is 4.95. The van der Waals surface area contributed by atoms with Gasteiger partial charge in [0, 0.05) is 26.6 Å². The van der Waals surface area contributed by atoms with Crippen LogP contribution in [0.3, 0.4) is 0 Å². The van der Waals surface area contributed by atoms with Crippen molar-refractivity contribution < 1.29 is 13.2 Å². The second-order valence-electron chi connectivity index (χ2n) is 7.70. The van der Waals surface area contributed by atoms with Crippen molar-refractivity contribution in [1.29, 1.82) is 0 Å². The molecule has 1 unspecified atom stereocenters. The summed E-state index contributed by atoms with van der Waals surface area (Å²) in [5, 5.41) is 0. The monoisotopic (exact) mass is 364 g/mol. The summed E-state index contributed by atoms with van der Waals surface area (Å²) in [5.41, 5.74) is 0.796. The first-order chi connectivity index (χ1) is 11.8. The van der Waals surface area contributed by atoms with Gasteiger partial charge in [-0.1, -0.05) is 26.0 Å². The van der Waals surface area contributed by atoms with Crippen LogP contribution in [0.2, 0.25) is 0 Å². The van der Waals surface area contributed by atoms with Crippen molar-refractivity contribution in [2.24, 2.45) is 0 Å². The fourth-order valence-corrected chi connectivity index (χ4v) is 5.65. The SMILES string of the molecule is CC(C)c1ccc(S(=O)(=O)N2CCCC3(CCCC(=O)N3C)C2)cc1. The minimum Gasteiger partial charge on any atom is -0.339 e. The molecule has 25 heavy (non-hydrogen) atoms. The highest BCUT2D eigenvalue weighted by molar-refractivity contribution is 7.89. The van der Waals surface area contributed by atoms with Gasteiger partial charge in [-0.15, -0.1) is 0 Å². The lowest BCUT2D eigenvalue weighted by Gasteiger charge is -2.50. The summed E-state index contributed by atoms with van der Waals surface area (Å²) in [6, 6.07) is 7.21. The largest absolute Gasteiger partial charge is 0.339 e. The van der Waals surface area contributed by atoms with E-state index in [1.807, 2.05) is 19.2 Å². The lowest BCUT2D eigenvalue weighted by Crippen LogP contribution is -2.61. The number of piperidine rings is 2. The maximum Gasteiger partial charge on any atom is 0.243 e. The Hall–Kier alpha value is -1.40. The number of likely N-dealkylation sites (N-methyl/N-ethyl adjacent to an activating group) is 1. The number of sulfonamides is 1. The number of hydrogen-bond acceptors (Lipinski definition) is 3. The minimum atomic E-state index is -3.53. The molecule has 0 saturated carbocycles. The molecule has 2 aliphatic rings. The molecular weight excluding hydrogens is 336 g/mol. The van der Waals surface area contributed by atoms with E-state index in [0.29, 0.717) is 30.3 Å². The van der Waals surface area contributed by atoms with E-state index in [2.05, 4.69) is 13.8 Å². The third-order valence-corrected chi connectivity index (χ3v) is 7.68. The van der Waals surface area contributed by atoms with Gasteiger partial charge < -0.3 is 4.90 Å². The van der Waals surface area contributed by atoms with Gasteiger partial charge in [-0.3, -0.25) is 4.79 Å². The lowest BCUT2D eigenvalue weighted by molar-refractivity contribution is -0.141. The van der Waals surface area contributed by atoms with Gasteiger partial charge in [-0.2, -0.15) is 4.31 Å². The van der Waals surface area contributed by atoms with Crippen molar-refractivity contribution in [2.45, 2.75) is 62.3 Å². The topological polar surface area (TPSA) is 57.7 Å². The van der Waals surface area contributed by atoms with Gasteiger partial charge in [0.1, 0.15) is 0 Å². The average molecular weight is 365 g/mol. The Morgan fingerprint density at radius 1 is 1.08 bits per heavy atom. The van der Waals surface area contributed by atoms with E-state index in [1.54, 1.807) is 21.3 Å². The molecule has 5 nitrogen and oxygen atoms in total. The van der Waals surface area contributed by atoms with E-state index < -0.39 is 10.0 Å². The van der Waals surface area contributed by atoms with Gasteiger partial charge in [0.2, 0.25) is 15.9 Å². The summed E-state index contributed by atoms with van der Waals surface area (Å²) < 4.78 is 27.8. The van der Waals surface area contributed by atoms with Crippen LogP contribution in [0.25, 0.3) is 0 Å². The van der Waals surface area contributed by atoms with Gasteiger partial charge in [0.05, 0.1) is 10.4 Å². The van der Waals surface area contributed by atoms with Crippen molar-refractivity contribution in [3.8, 4) is 0 Å². The van der Waals surface area contributed by atoms with E-state index >= 15 is 0 Å². The van der Waals surface area contributed by atoms with Crippen molar-refractivity contribution in [3.05, 3.63) is 29.8 Å². The molecule has 2 heterocycles. The van der Waals surface area contributed by atoms with E-state index in [0.717, 1.165) is 31.2 Å². The molecule has 0 aromatic heterocycles. The van der Waals surface area contributed by atoms with Crippen LogP contribution in [0.15, 0.2) is 29.2 Å². The summed E-state index contributed by atoms with van der Waals surface area (Å²) in [4.78, 5) is 14.3. The predicted molar refractivity (Wildman–Crippen MR) is 97.9 cm³/mol. The zero-order valence-corrected chi connectivity index (χ0v) is 16.2. The second kappa shape index (κ2) is 6.72. The summed E-state index contributed by atoms with van der Waals surface area (Å²) in [6.07, 6.45) is 3.98. The first-order valence-corrected chi connectivity index (χ1v) is 10.6. The van der Waals surface area contributed by atoms with Crippen molar-refractivity contribution in [1.82, 2.24) is 9.21 Å². The molecule has 0 radical (unpaired) electrons. The zero-order valence-electron chi connectivity index (χ0n) is 15.4. The third kappa shape index (κ3) is 3.34. The number of benzene rings is 1. The minimum absolute atomic E-state index is 0.131. The molecule has 1 aromatic carbocycles. The molecule has 6 heteroatoms. The number of likely N-dealkylation sites (tertiary alicyclic amines) is 1. The van der Waals surface area contributed by atoms with E-state index in [4.69, 9.17) is 0 Å². The Morgan fingerprint density at radius 2 is 1.72 bits per heavy atom. The predicted octanol–water partition coefficient (Wildman–Crippen LogP) is 2.98. The molecule has 1 spiro atoms. The van der Waals surface area contributed by atoms with Gasteiger partial charge >= 0.3 is 0 Å². The summed E-state index contributed by atoms with van der Waals surface area (Å²) in [7, 11) is -1.70. The fourth-order valence-electron chi connectivity index (χ4n) is 4.10. The van der Waals surface area contributed by atoms with Gasteiger partial charge in [-0.25, -0.2) is 8.42 Å². The number of nitrogens with zero attached hydrogens (tertiary/aromatic N) is 2. The third-order valence-electron chi connectivity index (χ3n) is 5.82. The van der Waals surface area contributed by atoms with E-state index in [1.165, 1.54) is 0 Å². The van der Waals surface area contributed by atoms with Crippen LogP contribution in [-0.4, -0.2) is 49.2 Å². The molecule has 2 aliphatic heterocycles. The van der Waals surface area contributed by atoms with Crippen molar-refractivity contribution in [2.75, 3.05) is 20.1 Å². The molecule has 1 atom stereocenters. The van der Waals surface area contributed by atoms with Crippen LogP contribution >= 0.6 is 0 Å². The van der Waals surface area contributed by atoms with Crippen LogP contribution in [0, 0.1) is 0 Å². The molecule has 1 amide bonds. The summed E-state index contributed by atoms with van der Waals surface area (Å²) in [5.74, 6) is 0.503. The van der Waals surface area contributed by atoms with E-state index in [9.17, 15) is 13.2 Å². The molecule has 1 aromatic rings. The average Bonchev–Trinajstić information content (AvgIpc) is 2.60. The van der Waals surface area contributed by atoms with Crippen LogP contribution in [0.1, 0.15) is 57.4 Å².